The van der Waals surface area contributed by atoms with Crippen molar-refractivity contribution >= 4 is 12.1 Å². The van der Waals surface area contributed by atoms with Crippen LogP contribution in [0.2, 0.25) is 0 Å². The Bertz CT molecular complexity index is 1040. The first-order valence-electron chi connectivity index (χ1n) is 11.0. The Labute approximate surface area is 194 Å². The van der Waals surface area contributed by atoms with Crippen LogP contribution < -0.4 is 0 Å². The lowest BCUT2D eigenvalue weighted by molar-refractivity contribution is 0.0132. The van der Waals surface area contributed by atoms with Gasteiger partial charge in [-0.05, 0) is 58.2 Å². The van der Waals surface area contributed by atoms with Crippen LogP contribution in [0, 0.1) is 34.0 Å². The number of rotatable bonds is 6. The molecule has 3 atom stereocenters. The van der Waals surface area contributed by atoms with Gasteiger partial charge in [-0.25, -0.2) is 9.59 Å². The number of furan rings is 1. The van der Waals surface area contributed by atoms with Crippen LogP contribution in [0.1, 0.15) is 56.9 Å². The first-order valence-corrected chi connectivity index (χ1v) is 11.0. The van der Waals surface area contributed by atoms with E-state index < -0.39 is 29.0 Å². The zero-order valence-corrected chi connectivity index (χ0v) is 19.5. The number of nitrogens with zero attached hydrogens (tertiary/aromatic N) is 3. The van der Waals surface area contributed by atoms with Crippen molar-refractivity contribution in [1.82, 2.24) is 4.90 Å². The van der Waals surface area contributed by atoms with Crippen LogP contribution in [-0.2, 0) is 15.9 Å². The normalized spacial score (nSPS) is 22.1. The minimum Gasteiger partial charge on any atom is -0.460 e. The molecule has 3 rings (SSSR count). The monoisotopic (exact) mass is 451 g/mol. The van der Waals surface area contributed by atoms with E-state index in [0.29, 0.717) is 24.2 Å². The van der Waals surface area contributed by atoms with Gasteiger partial charge in [0.2, 0.25) is 5.76 Å². The average molecular weight is 452 g/mol. The highest BCUT2D eigenvalue weighted by molar-refractivity contribution is 5.86. The summed E-state index contributed by atoms with van der Waals surface area (Å²) in [6.07, 6.45) is 4.48. The number of hydrogen-bond acceptors (Lipinski definition) is 7. The quantitative estimate of drug-likeness (QED) is 0.460. The molecule has 1 aromatic rings. The topological polar surface area (TPSA) is 117 Å². The van der Waals surface area contributed by atoms with Crippen molar-refractivity contribution < 1.29 is 23.5 Å². The van der Waals surface area contributed by atoms with E-state index in [1.165, 1.54) is 6.07 Å². The SMILES string of the molecule is C=C[C@@H]1C(C(C#N)(C#N)Cc2ccc(C(=O)OCC)o2)=CC2CCC1N2C(=O)OC(C)(C)C. The maximum atomic E-state index is 12.9. The Morgan fingerprint density at radius 2 is 1.97 bits per heavy atom. The molecule has 0 N–H and O–H groups in total. The molecule has 2 aliphatic rings. The first kappa shape index (κ1) is 24.1. The first-order chi connectivity index (χ1) is 15.6. The maximum Gasteiger partial charge on any atom is 0.411 e. The molecule has 0 radical (unpaired) electrons. The zero-order valence-electron chi connectivity index (χ0n) is 19.5. The van der Waals surface area contributed by atoms with Crippen LogP contribution in [0.5, 0.6) is 0 Å². The Morgan fingerprint density at radius 1 is 1.27 bits per heavy atom. The number of nitriles is 2. The molecule has 0 aromatic carbocycles. The lowest BCUT2D eigenvalue weighted by atomic mass is 9.70. The summed E-state index contributed by atoms with van der Waals surface area (Å²) in [5, 5.41) is 20.3. The fourth-order valence-electron chi connectivity index (χ4n) is 4.59. The third-order valence-electron chi connectivity index (χ3n) is 5.93. The van der Waals surface area contributed by atoms with Crippen molar-refractivity contribution in [2.75, 3.05) is 6.61 Å². The van der Waals surface area contributed by atoms with Gasteiger partial charge in [-0.1, -0.05) is 12.2 Å². The predicted molar refractivity (Wildman–Crippen MR) is 119 cm³/mol. The average Bonchev–Trinajstić information content (AvgIpc) is 3.34. The van der Waals surface area contributed by atoms with Gasteiger partial charge in [0.1, 0.15) is 11.4 Å². The molecule has 0 aliphatic carbocycles. The van der Waals surface area contributed by atoms with Crippen molar-refractivity contribution in [3.05, 3.63) is 48.0 Å². The number of hydrogen-bond donors (Lipinski definition) is 0. The Morgan fingerprint density at radius 3 is 2.55 bits per heavy atom. The third-order valence-corrected chi connectivity index (χ3v) is 5.93. The molecule has 2 bridgehead atoms. The van der Waals surface area contributed by atoms with Crippen molar-refractivity contribution in [2.24, 2.45) is 11.3 Å². The molecule has 8 nitrogen and oxygen atoms in total. The van der Waals surface area contributed by atoms with E-state index in [9.17, 15) is 20.1 Å². The summed E-state index contributed by atoms with van der Waals surface area (Å²) < 4.78 is 16.1. The molecule has 8 heteroatoms. The second kappa shape index (κ2) is 9.15. The van der Waals surface area contributed by atoms with Crippen LogP contribution in [0.3, 0.4) is 0 Å². The van der Waals surface area contributed by atoms with Gasteiger partial charge in [-0.2, -0.15) is 10.5 Å². The van der Waals surface area contributed by atoms with Crippen molar-refractivity contribution in [3.8, 4) is 12.1 Å². The van der Waals surface area contributed by atoms with Crippen LogP contribution >= 0.6 is 0 Å². The molecule has 0 saturated carbocycles. The fourth-order valence-corrected chi connectivity index (χ4v) is 4.59. The lowest BCUT2D eigenvalue weighted by Gasteiger charge is -2.41. The minimum atomic E-state index is -1.54. The number of fused-ring (bicyclic) bond motifs is 2. The van der Waals surface area contributed by atoms with E-state index in [1.54, 1.807) is 24.0 Å². The van der Waals surface area contributed by atoms with Gasteiger partial charge in [0.15, 0.2) is 5.41 Å². The van der Waals surface area contributed by atoms with Gasteiger partial charge in [-0.3, -0.25) is 4.90 Å². The van der Waals surface area contributed by atoms with E-state index in [1.807, 2.05) is 26.8 Å². The molecule has 2 unspecified atom stereocenters. The summed E-state index contributed by atoms with van der Waals surface area (Å²) in [4.78, 5) is 26.5. The molecule has 1 aromatic heterocycles. The Balaban J connectivity index is 1.95. The Hall–Kier alpha value is -3.52. The number of amides is 1. The van der Waals surface area contributed by atoms with E-state index >= 15 is 0 Å². The molecule has 1 fully saturated rings. The predicted octanol–water partition coefficient (Wildman–Crippen LogP) is 4.54. The molecule has 174 valence electrons. The summed E-state index contributed by atoms with van der Waals surface area (Å²) in [5.74, 6) is -0.650. The smallest absolute Gasteiger partial charge is 0.411 e. The van der Waals surface area contributed by atoms with Crippen molar-refractivity contribution in [1.29, 1.82) is 10.5 Å². The summed E-state index contributed by atoms with van der Waals surface area (Å²) in [6, 6.07) is 6.87. The second-order valence-electron chi connectivity index (χ2n) is 9.28. The van der Waals surface area contributed by atoms with Gasteiger partial charge in [0.05, 0.1) is 24.8 Å². The van der Waals surface area contributed by atoms with Crippen LogP contribution in [0.15, 0.2) is 40.9 Å². The lowest BCUT2D eigenvalue weighted by Crippen LogP contribution is -2.50. The molecule has 3 heterocycles. The largest absolute Gasteiger partial charge is 0.460 e. The van der Waals surface area contributed by atoms with E-state index in [-0.39, 0.29) is 30.9 Å². The third kappa shape index (κ3) is 4.66. The number of carbonyl (C=O) groups excluding carboxylic acids is 2. The van der Waals surface area contributed by atoms with Crippen LogP contribution in [0.4, 0.5) is 4.79 Å². The van der Waals surface area contributed by atoms with Crippen molar-refractivity contribution in [2.45, 2.75) is 64.6 Å². The molecule has 1 saturated heterocycles. The summed E-state index contributed by atoms with van der Waals surface area (Å²) in [5.41, 5.74) is -1.57. The molecule has 33 heavy (non-hydrogen) atoms. The number of esters is 1. The van der Waals surface area contributed by atoms with E-state index in [0.717, 1.165) is 0 Å². The van der Waals surface area contributed by atoms with Crippen molar-refractivity contribution in [3.63, 3.8) is 0 Å². The highest BCUT2D eigenvalue weighted by Crippen LogP contribution is 2.47. The molecule has 0 spiro atoms. The molecule has 2 aliphatic heterocycles. The fraction of sp³-hybridized carbons (Fsp3) is 0.520. The number of carbonyl (C=O) groups is 2. The maximum absolute atomic E-state index is 12.9. The standard InChI is InChI=1S/C25H29N3O5/c1-6-18-19(12-16-8-10-20(18)28(16)23(30)33-24(3,4)5)25(14-26,15-27)13-17-9-11-21(32-17)22(29)31-7-2/h6,9,11-12,16,18,20H,1,7-8,10,13H2,2-5H3/t16?,18-,20?/m1/s1. The zero-order chi connectivity index (χ0) is 24.4. The van der Waals surface area contributed by atoms with E-state index in [2.05, 4.69) is 18.7 Å². The second-order valence-corrected chi connectivity index (χ2v) is 9.28. The number of ether oxygens (including phenoxy) is 2. The summed E-state index contributed by atoms with van der Waals surface area (Å²) in [7, 11) is 0. The molecular formula is C25H29N3O5. The van der Waals surface area contributed by atoms with Crippen LogP contribution in [-0.4, -0.2) is 41.3 Å². The van der Waals surface area contributed by atoms with Gasteiger partial charge in [0.25, 0.3) is 0 Å². The van der Waals surface area contributed by atoms with E-state index in [4.69, 9.17) is 13.9 Å². The molecule has 1 amide bonds. The molecular weight excluding hydrogens is 422 g/mol. The summed E-state index contributed by atoms with van der Waals surface area (Å²) >= 11 is 0. The van der Waals surface area contributed by atoms with Gasteiger partial charge < -0.3 is 13.9 Å². The van der Waals surface area contributed by atoms with Gasteiger partial charge >= 0.3 is 12.1 Å². The summed E-state index contributed by atoms with van der Waals surface area (Å²) in [6.45, 7) is 11.3. The highest BCUT2D eigenvalue weighted by atomic mass is 16.6. The minimum absolute atomic E-state index is 0.0192. The Kier molecular flexibility index (Phi) is 6.69. The van der Waals surface area contributed by atoms with Crippen LogP contribution in [0.25, 0.3) is 0 Å². The van der Waals surface area contributed by atoms with Gasteiger partial charge in [-0.15, -0.1) is 6.58 Å². The van der Waals surface area contributed by atoms with Gasteiger partial charge in [0, 0.05) is 18.4 Å². The highest BCUT2D eigenvalue weighted by Gasteiger charge is 2.51.